The molecule has 5 heteroatoms. The van der Waals surface area contributed by atoms with Crippen LogP contribution < -0.4 is 0 Å². The number of nitrogens with zero attached hydrogens (tertiary/aromatic N) is 2. The topological polar surface area (TPSA) is 57.9 Å². The Morgan fingerprint density at radius 3 is 2.82 bits per heavy atom. The Balaban J connectivity index is 2.85. The van der Waals surface area contributed by atoms with Gasteiger partial charge in [0.1, 0.15) is 0 Å². The van der Waals surface area contributed by atoms with E-state index in [4.69, 9.17) is 0 Å². The SMILES string of the molecule is Cc1cc(CS(=O)[O-])n(C)n1. The fraction of sp³-hybridized carbons (Fsp3) is 0.500. The largest absolute Gasteiger partial charge is 0.772 e. The summed E-state index contributed by atoms with van der Waals surface area (Å²) in [6.07, 6.45) is 0. The van der Waals surface area contributed by atoms with Gasteiger partial charge in [0.15, 0.2) is 0 Å². The molecule has 4 nitrogen and oxygen atoms in total. The number of hydrogen-bond donors (Lipinski definition) is 0. The Labute approximate surface area is 67.5 Å². The molecule has 11 heavy (non-hydrogen) atoms. The van der Waals surface area contributed by atoms with Gasteiger partial charge in [-0.25, -0.2) is 0 Å². The molecule has 0 bridgehead atoms. The second-order valence-corrected chi connectivity index (χ2v) is 3.24. The maximum Gasteiger partial charge on any atom is 0.0596 e. The molecule has 0 radical (unpaired) electrons. The van der Waals surface area contributed by atoms with Crippen molar-refractivity contribution in [1.82, 2.24) is 9.78 Å². The number of aryl methyl sites for hydroxylation is 2. The third-order valence-corrected chi connectivity index (χ3v) is 1.90. The maximum atomic E-state index is 10.3. The van der Waals surface area contributed by atoms with Crippen molar-refractivity contribution in [3.05, 3.63) is 17.5 Å². The van der Waals surface area contributed by atoms with Gasteiger partial charge in [-0.05, 0) is 24.1 Å². The summed E-state index contributed by atoms with van der Waals surface area (Å²) in [6.45, 7) is 1.83. The molecule has 62 valence electrons. The molecule has 1 heterocycles. The summed E-state index contributed by atoms with van der Waals surface area (Å²) in [6, 6.07) is 1.76. The van der Waals surface area contributed by atoms with E-state index >= 15 is 0 Å². The molecule has 0 aliphatic carbocycles. The third kappa shape index (κ3) is 2.13. The van der Waals surface area contributed by atoms with Gasteiger partial charge in [0, 0.05) is 12.7 Å². The van der Waals surface area contributed by atoms with E-state index in [0.717, 1.165) is 11.4 Å². The first kappa shape index (κ1) is 8.42. The molecule has 0 aliphatic rings. The van der Waals surface area contributed by atoms with Crippen LogP contribution in [-0.2, 0) is 23.9 Å². The van der Waals surface area contributed by atoms with Crippen molar-refractivity contribution >= 4 is 11.1 Å². The van der Waals surface area contributed by atoms with Crippen LogP contribution in [0.15, 0.2) is 6.07 Å². The van der Waals surface area contributed by atoms with Crippen LogP contribution in [0.5, 0.6) is 0 Å². The molecular weight excluding hydrogens is 164 g/mol. The highest BCUT2D eigenvalue weighted by Gasteiger charge is 2.00. The minimum absolute atomic E-state index is 0.0390. The van der Waals surface area contributed by atoms with Gasteiger partial charge in [-0.2, -0.15) is 5.10 Å². The molecule has 0 saturated carbocycles. The van der Waals surface area contributed by atoms with Gasteiger partial charge in [-0.1, -0.05) is 0 Å². The van der Waals surface area contributed by atoms with Gasteiger partial charge in [0.05, 0.1) is 11.4 Å². The van der Waals surface area contributed by atoms with Gasteiger partial charge >= 0.3 is 0 Å². The second-order valence-electron chi connectivity index (χ2n) is 2.35. The van der Waals surface area contributed by atoms with Crippen molar-refractivity contribution in [3.63, 3.8) is 0 Å². The van der Waals surface area contributed by atoms with Gasteiger partial charge in [0.2, 0.25) is 0 Å². The summed E-state index contributed by atoms with van der Waals surface area (Å²) in [4.78, 5) is 0. The average Bonchev–Trinajstić information content (AvgIpc) is 2.09. The Morgan fingerprint density at radius 2 is 2.45 bits per heavy atom. The van der Waals surface area contributed by atoms with E-state index in [1.165, 1.54) is 0 Å². The molecule has 0 aliphatic heterocycles. The predicted molar refractivity (Wildman–Crippen MR) is 40.6 cm³/mol. The summed E-state index contributed by atoms with van der Waals surface area (Å²) >= 11 is -2.02. The molecule has 1 aromatic rings. The standard InChI is InChI=1S/C6H10N2O2S/c1-5-3-6(4-11(9)10)8(2)7-5/h3H,4H2,1-2H3,(H,9,10)/p-1. The molecule has 0 fully saturated rings. The van der Waals surface area contributed by atoms with Gasteiger partial charge < -0.3 is 4.55 Å². The molecule has 0 aromatic carbocycles. The summed E-state index contributed by atoms with van der Waals surface area (Å²) in [7, 11) is 1.73. The van der Waals surface area contributed by atoms with E-state index in [1.807, 2.05) is 6.92 Å². The first-order valence-corrected chi connectivity index (χ1v) is 4.39. The average molecular weight is 173 g/mol. The van der Waals surface area contributed by atoms with E-state index in [2.05, 4.69) is 5.10 Å². The zero-order valence-corrected chi connectivity index (χ0v) is 7.22. The lowest BCUT2D eigenvalue weighted by Crippen LogP contribution is -2.01. The van der Waals surface area contributed by atoms with Crippen LogP contribution in [0.3, 0.4) is 0 Å². The van der Waals surface area contributed by atoms with Crippen LogP contribution >= 0.6 is 0 Å². The zero-order chi connectivity index (χ0) is 8.43. The molecule has 1 unspecified atom stereocenters. The number of aromatic nitrogens is 2. The van der Waals surface area contributed by atoms with Crippen molar-refractivity contribution < 1.29 is 8.76 Å². The second kappa shape index (κ2) is 3.15. The van der Waals surface area contributed by atoms with Gasteiger partial charge in [-0.3, -0.25) is 8.89 Å². The van der Waals surface area contributed by atoms with Crippen molar-refractivity contribution in [2.75, 3.05) is 0 Å². The van der Waals surface area contributed by atoms with Crippen LogP contribution in [0.2, 0.25) is 0 Å². The van der Waals surface area contributed by atoms with E-state index in [9.17, 15) is 8.76 Å². The molecule has 0 N–H and O–H groups in total. The third-order valence-electron chi connectivity index (χ3n) is 1.36. The van der Waals surface area contributed by atoms with Crippen LogP contribution in [0, 0.1) is 6.92 Å². The lowest BCUT2D eigenvalue weighted by molar-refractivity contribution is 0.533. The van der Waals surface area contributed by atoms with Crippen molar-refractivity contribution in [1.29, 1.82) is 0 Å². The van der Waals surface area contributed by atoms with Crippen molar-refractivity contribution in [3.8, 4) is 0 Å². The Morgan fingerprint density at radius 1 is 1.82 bits per heavy atom. The molecule has 1 rings (SSSR count). The highest BCUT2D eigenvalue weighted by molar-refractivity contribution is 7.78. The molecular formula is C6H9N2O2S-. The highest BCUT2D eigenvalue weighted by Crippen LogP contribution is 2.03. The lowest BCUT2D eigenvalue weighted by Gasteiger charge is -2.03. The highest BCUT2D eigenvalue weighted by atomic mass is 32.2. The van der Waals surface area contributed by atoms with Crippen molar-refractivity contribution in [2.24, 2.45) is 7.05 Å². The Hall–Kier alpha value is -0.680. The molecule has 0 amide bonds. The normalized spacial score (nSPS) is 13.4. The minimum atomic E-state index is -2.02. The summed E-state index contributed by atoms with van der Waals surface area (Å²) in [5.74, 6) is 0.0390. The molecule has 0 saturated heterocycles. The smallest absolute Gasteiger partial charge is 0.0596 e. The predicted octanol–water partition coefficient (Wildman–Crippen LogP) is 0.108. The summed E-state index contributed by atoms with van der Waals surface area (Å²) < 4.78 is 22.2. The van der Waals surface area contributed by atoms with Gasteiger partial charge in [0.25, 0.3) is 0 Å². The molecule has 0 spiro atoms. The molecule has 1 atom stereocenters. The molecule has 1 aromatic heterocycles. The van der Waals surface area contributed by atoms with E-state index in [0.29, 0.717) is 0 Å². The lowest BCUT2D eigenvalue weighted by atomic mass is 10.4. The number of rotatable bonds is 2. The van der Waals surface area contributed by atoms with E-state index in [1.54, 1.807) is 17.8 Å². The summed E-state index contributed by atoms with van der Waals surface area (Å²) in [5.41, 5.74) is 1.56. The first-order chi connectivity index (χ1) is 5.09. The van der Waals surface area contributed by atoms with Crippen molar-refractivity contribution in [2.45, 2.75) is 12.7 Å². The maximum absolute atomic E-state index is 10.3. The fourth-order valence-electron chi connectivity index (χ4n) is 0.920. The van der Waals surface area contributed by atoms with Crippen LogP contribution in [0.4, 0.5) is 0 Å². The minimum Gasteiger partial charge on any atom is -0.772 e. The fourth-order valence-corrected chi connectivity index (χ4v) is 1.43. The monoisotopic (exact) mass is 173 g/mol. The van der Waals surface area contributed by atoms with Crippen LogP contribution in [0.25, 0.3) is 0 Å². The van der Waals surface area contributed by atoms with Crippen LogP contribution in [-0.4, -0.2) is 18.5 Å². The zero-order valence-electron chi connectivity index (χ0n) is 6.40. The Kier molecular flexibility index (Phi) is 2.41. The Bertz CT molecular complexity index is 282. The van der Waals surface area contributed by atoms with E-state index < -0.39 is 11.1 Å². The number of hydrogen-bond acceptors (Lipinski definition) is 3. The quantitative estimate of drug-likeness (QED) is 0.596. The first-order valence-electron chi connectivity index (χ1n) is 3.15. The van der Waals surface area contributed by atoms with E-state index in [-0.39, 0.29) is 5.75 Å². The van der Waals surface area contributed by atoms with Crippen LogP contribution in [0.1, 0.15) is 11.4 Å². The summed E-state index contributed by atoms with van der Waals surface area (Å²) in [5, 5.41) is 4.01. The van der Waals surface area contributed by atoms with Gasteiger partial charge in [-0.15, -0.1) is 0 Å².